The zero-order valence-electron chi connectivity index (χ0n) is 12.4. The summed E-state index contributed by atoms with van der Waals surface area (Å²) in [4.78, 5) is 24.9. The highest BCUT2D eigenvalue weighted by atomic mass is 35.5. The standard InChI is InChI=1S/C16H10ClN3O5/c17-9-1-2-11-12(6-9)18-14(21)13(11)20-19-10-4-7(15(22)23)3-8(5-10)16(24)25/h1-6,18,21H,(H,22,23)(H,24,25). The van der Waals surface area contributed by atoms with Crippen LogP contribution < -0.4 is 0 Å². The van der Waals surface area contributed by atoms with Crippen LogP contribution >= 0.6 is 11.6 Å². The van der Waals surface area contributed by atoms with Crippen LogP contribution in [0.4, 0.5) is 11.4 Å². The van der Waals surface area contributed by atoms with Crippen LogP contribution in [0.3, 0.4) is 0 Å². The highest BCUT2D eigenvalue weighted by molar-refractivity contribution is 6.31. The number of aromatic nitrogens is 1. The van der Waals surface area contributed by atoms with Gasteiger partial charge in [-0.2, -0.15) is 5.11 Å². The highest BCUT2D eigenvalue weighted by Crippen LogP contribution is 2.37. The SMILES string of the molecule is O=C(O)c1cc(N=Nc2c(O)[nH]c3cc(Cl)ccc23)cc(C(=O)O)c1. The number of fused-ring (bicyclic) bond motifs is 1. The minimum atomic E-state index is -1.29. The van der Waals surface area contributed by atoms with Crippen LogP contribution in [0.5, 0.6) is 5.88 Å². The molecule has 0 aliphatic rings. The van der Waals surface area contributed by atoms with Crippen molar-refractivity contribution in [3.05, 3.63) is 52.5 Å². The molecule has 0 spiro atoms. The highest BCUT2D eigenvalue weighted by Gasteiger charge is 2.13. The van der Waals surface area contributed by atoms with E-state index in [0.717, 1.165) is 6.07 Å². The van der Waals surface area contributed by atoms with Crippen LogP contribution in [0.2, 0.25) is 5.02 Å². The molecule has 0 atom stereocenters. The van der Waals surface area contributed by atoms with Crippen LogP contribution in [0.25, 0.3) is 10.9 Å². The van der Waals surface area contributed by atoms with E-state index < -0.39 is 11.9 Å². The minimum Gasteiger partial charge on any atom is -0.493 e. The van der Waals surface area contributed by atoms with E-state index in [-0.39, 0.29) is 28.4 Å². The number of nitrogens with one attached hydrogen (secondary N) is 1. The van der Waals surface area contributed by atoms with E-state index in [1.807, 2.05) is 0 Å². The number of rotatable bonds is 4. The maximum Gasteiger partial charge on any atom is 0.335 e. The number of hydrogen-bond donors (Lipinski definition) is 4. The van der Waals surface area contributed by atoms with E-state index in [9.17, 15) is 14.7 Å². The van der Waals surface area contributed by atoms with E-state index in [1.165, 1.54) is 12.1 Å². The third-order valence-electron chi connectivity index (χ3n) is 3.39. The first kappa shape index (κ1) is 16.5. The van der Waals surface area contributed by atoms with Crippen LogP contribution in [0.15, 0.2) is 46.6 Å². The Balaban J connectivity index is 2.06. The molecular formula is C16H10ClN3O5. The van der Waals surface area contributed by atoms with Crippen molar-refractivity contribution < 1.29 is 24.9 Å². The molecule has 0 bridgehead atoms. The molecule has 4 N–H and O–H groups in total. The molecule has 0 aliphatic heterocycles. The van der Waals surface area contributed by atoms with E-state index in [2.05, 4.69) is 15.2 Å². The predicted molar refractivity (Wildman–Crippen MR) is 89.5 cm³/mol. The first-order valence-corrected chi connectivity index (χ1v) is 7.26. The van der Waals surface area contributed by atoms with Crippen molar-refractivity contribution in [2.45, 2.75) is 0 Å². The summed E-state index contributed by atoms with van der Waals surface area (Å²) >= 11 is 5.88. The van der Waals surface area contributed by atoms with Gasteiger partial charge in [0.25, 0.3) is 0 Å². The quantitative estimate of drug-likeness (QED) is 0.514. The maximum atomic E-state index is 11.1. The Labute approximate surface area is 145 Å². The molecule has 0 saturated carbocycles. The molecule has 3 rings (SSSR count). The monoisotopic (exact) mass is 359 g/mol. The molecule has 0 saturated heterocycles. The first-order valence-electron chi connectivity index (χ1n) is 6.89. The summed E-state index contributed by atoms with van der Waals surface area (Å²) in [6, 6.07) is 8.24. The normalized spacial score (nSPS) is 11.2. The van der Waals surface area contributed by atoms with Gasteiger partial charge in [0.15, 0.2) is 5.69 Å². The van der Waals surface area contributed by atoms with Crippen molar-refractivity contribution >= 4 is 45.8 Å². The van der Waals surface area contributed by atoms with Gasteiger partial charge in [-0.05, 0) is 36.4 Å². The van der Waals surface area contributed by atoms with Crippen molar-refractivity contribution in [3.8, 4) is 5.88 Å². The second-order valence-corrected chi connectivity index (χ2v) is 5.53. The summed E-state index contributed by atoms with van der Waals surface area (Å²) in [6.07, 6.45) is 0. The van der Waals surface area contributed by atoms with Crippen molar-refractivity contribution in [2.75, 3.05) is 0 Å². The van der Waals surface area contributed by atoms with Crippen LogP contribution in [0, 0.1) is 0 Å². The lowest BCUT2D eigenvalue weighted by molar-refractivity contribution is 0.0696. The lowest BCUT2D eigenvalue weighted by Crippen LogP contribution is -2.01. The molecular weight excluding hydrogens is 350 g/mol. The van der Waals surface area contributed by atoms with Gasteiger partial charge in [-0.25, -0.2) is 9.59 Å². The molecule has 0 amide bonds. The smallest absolute Gasteiger partial charge is 0.335 e. The number of benzene rings is 2. The summed E-state index contributed by atoms with van der Waals surface area (Å²) in [5.41, 5.74) is 0.237. The van der Waals surface area contributed by atoms with Crippen molar-refractivity contribution in [1.29, 1.82) is 0 Å². The van der Waals surface area contributed by atoms with E-state index in [0.29, 0.717) is 15.9 Å². The zero-order valence-corrected chi connectivity index (χ0v) is 13.2. The minimum absolute atomic E-state index is 0.0278. The Hall–Kier alpha value is -3.39. The largest absolute Gasteiger partial charge is 0.493 e. The molecule has 9 heteroatoms. The number of carbonyl (C=O) groups is 2. The maximum absolute atomic E-state index is 11.1. The van der Waals surface area contributed by atoms with Gasteiger partial charge in [0, 0.05) is 10.4 Å². The topological polar surface area (TPSA) is 135 Å². The van der Waals surface area contributed by atoms with Gasteiger partial charge < -0.3 is 20.3 Å². The predicted octanol–water partition coefficient (Wildman–Crippen LogP) is 4.34. The fraction of sp³-hybridized carbons (Fsp3) is 0. The Morgan fingerprint density at radius 1 is 0.960 bits per heavy atom. The lowest BCUT2D eigenvalue weighted by atomic mass is 10.1. The van der Waals surface area contributed by atoms with Gasteiger partial charge in [-0.1, -0.05) is 11.6 Å². The summed E-state index contributed by atoms with van der Waals surface area (Å²) < 4.78 is 0. The number of carboxylic acids is 2. The van der Waals surface area contributed by atoms with Crippen molar-refractivity contribution in [3.63, 3.8) is 0 Å². The second kappa shape index (κ2) is 6.25. The van der Waals surface area contributed by atoms with Gasteiger partial charge in [0.05, 0.1) is 22.3 Å². The molecule has 126 valence electrons. The molecule has 1 aromatic heterocycles. The number of aromatic amines is 1. The molecule has 2 aromatic carbocycles. The third kappa shape index (κ3) is 3.29. The molecule has 0 radical (unpaired) electrons. The number of carboxylic acid groups (broad SMARTS) is 2. The Morgan fingerprint density at radius 3 is 2.20 bits per heavy atom. The van der Waals surface area contributed by atoms with Crippen LogP contribution in [-0.4, -0.2) is 32.2 Å². The zero-order chi connectivity index (χ0) is 18.1. The average Bonchev–Trinajstić information content (AvgIpc) is 2.86. The van der Waals surface area contributed by atoms with Gasteiger partial charge in [-0.15, -0.1) is 5.11 Å². The van der Waals surface area contributed by atoms with Gasteiger partial charge in [0.2, 0.25) is 5.88 Å². The van der Waals surface area contributed by atoms with E-state index in [1.54, 1.807) is 18.2 Å². The van der Waals surface area contributed by atoms with Gasteiger partial charge in [-0.3, -0.25) is 0 Å². The van der Waals surface area contributed by atoms with E-state index in [4.69, 9.17) is 21.8 Å². The molecule has 8 nitrogen and oxygen atoms in total. The number of halogens is 1. The molecule has 25 heavy (non-hydrogen) atoms. The molecule has 0 aliphatic carbocycles. The van der Waals surface area contributed by atoms with Crippen LogP contribution in [0.1, 0.15) is 20.7 Å². The average molecular weight is 360 g/mol. The number of nitrogens with zero attached hydrogens (tertiary/aromatic N) is 2. The molecule has 1 heterocycles. The summed E-state index contributed by atoms with van der Waals surface area (Å²) in [5.74, 6) is -2.82. The Bertz CT molecular complexity index is 1010. The Morgan fingerprint density at radius 2 is 1.60 bits per heavy atom. The fourth-order valence-corrected chi connectivity index (χ4v) is 2.44. The Kier molecular flexibility index (Phi) is 4.12. The number of H-pyrrole nitrogens is 1. The number of aromatic carboxylic acids is 2. The van der Waals surface area contributed by atoms with Gasteiger partial charge >= 0.3 is 11.9 Å². The van der Waals surface area contributed by atoms with Gasteiger partial charge in [0.1, 0.15) is 0 Å². The first-order chi connectivity index (χ1) is 11.8. The second-order valence-electron chi connectivity index (χ2n) is 5.09. The number of azo groups is 1. The number of hydrogen-bond acceptors (Lipinski definition) is 5. The van der Waals surface area contributed by atoms with Crippen molar-refractivity contribution in [2.24, 2.45) is 10.2 Å². The van der Waals surface area contributed by atoms with Crippen LogP contribution in [-0.2, 0) is 0 Å². The fourth-order valence-electron chi connectivity index (χ4n) is 2.27. The van der Waals surface area contributed by atoms with E-state index >= 15 is 0 Å². The summed E-state index contributed by atoms with van der Waals surface area (Å²) in [7, 11) is 0. The molecule has 0 unspecified atom stereocenters. The number of aromatic hydroxyl groups is 1. The third-order valence-corrected chi connectivity index (χ3v) is 3.63. The molecule has 3 aromatic rings. The lowest BCUT2D eigenvalue weighted by Gasteiger charge is -2.00. The molecule has 0 fully saturated rings. The summed E-state index contributed by atoms with van der Waals surface area (Å²) in [6.45, 7) is 0. The summed E-state index contributed by atoms with van der Waals surface area (Å²) in [5, 5.41) is 36.8. The van der Waals surface area contributed by atoms with Crippen molar-refractivity contribution in [1.82, 2.24) is 4.98 Å².